The lowest BCUT2D eigenvalue weighted by Crippen LogP contribution is -2.42. The van der Waals surface area contributed by atoms with Gasteiger partial charge in [0, 0.05) is 18.8 Å². The van der Waals surface area contributed by atoms with E-state index in [4.69, 9.17) is 9.47 Å². The molecular weight excluding hydrogens is 388 g/mol. The predicted molar refractivity (Wildman–Crippen MR) is 120 cm³/mol. The van der Waals surface area contributed by atoms with Gasteiger partial charge >= 0.3 is 0 Å². The van der Waals surface area contributed by atoms with Crippen LogP contribution in [0.1, 0.15) is 40.5 Å². The maximum atomic E-state index is 13.4. The number of amides is 1. The van der Waals surface area contributed by atoms with Gasteiger partial charge in [0.2, 0.25) is 0 Å². The Morgan fingerprint density at radius 2 is 1.84 bits per heavy atom. The van der Waals surface area contributed by atoms with E-state index in [1.165, 1.54) is 0 Å². The molecule has 0 spiro atoms. The van der Waals surface area contributed by atoms with Crippen molar-refractivity contribution in [3.05, 3.63) is 95.6 Å². The summed E-state index contributed by atoms with van der Waals surface area (Å²) in [5.41, 5.74) is 3.63. The minimum atomic E-state index is -0.283. The molecule has 0 bridgehead atoms. The molecule has 0 radical (unpaired) electrons. The van der Waals surface area contributed by atoms with E-state index in [1.54, 1.807) is 0 Å². The molecule has 3 aromatic carbocycles. The van der Waals surface area contributed by atoms with Crippen molar-refractivity contribution in [2.45, 2.75) is 31.7 Å². The number of nitrogens with one attached hydrogen (secondary N) is 1. The Bertz CT molecular complexity index is 1050. The van der Waals surface area contributed by atoms with E-state index >= 15 is 0 Å². The summed E-state index contributed by atoms with van der Waals surface area (Å²) in [4.78, 5) is 15.3. The molecule has 5 nitrogen and oxygen atoms in total. The average molecular weight is 415 g/mol. The van der Waals surface area contributed by atoms with E-state index in [0.717, 1.165) is 42.0 Å². The Morgan fingerprint density at radius 1 is 1.00 bits per heavy atom. The van der Waals surface area contributed by atoms with Crippen molar-refractivity contribution in [2.75, 3.05) is 18.5 Å². The first kappa shape index (κ1) is 19.6. The maximum absolute atomic E-state index is 13.4. The van der Waals surface area contributed by atoms with E-state index in [-0.39, 0.29) is 18.2 Å². The van der Waals surface area contributed by atoms with Crippen LogP contribution in [-0.4, -0.2) is 30.1 Å². The summed E-state index contributed by atoms with van der Waals surface area (Å²) in [5.74, 6) is 0.814. The highest BCUT2D eigenvalue weighted by Crippen LogP contribution is 2.35. The fourth-order valence-electron chi connectivity index (χ4n) is 4.24. The summed E-state index contributed by atoms with van der Waals surface area (Å²) in [6, 6.07) is 25.8. The summed E-state index contributed by atoms with van der Waals surface area (Å²) < 4.78 is 11.7. The average Bonchev–Trinajstić information content (AvgIpc) is 3.34. The van der Waals surface area contributed by atoms with Gasteiger partial charge in [0.25, 0.3) is 5.91 Å². The van der Waals surface area contributed by atoms with E-state index < -0.39 is 0 Å². The van der Waals surface area contributed by atoms with Gasteiger partial charge < -0.3 is 19.7 Å². The van der Waals surface area contributed by atoms with Gasteiger partial charge in [-0.25, -0.2) is 0 Å². The normalized spacial score (nSPS) is 20.3. The fourth-order valence-corrected chi connectivity index (χ4v) is 4.24. The summed E-state index contributed by atoms with van der Waals surface area (Å²) >= 11 is 0. The molecule has 2 aliphatic heterocycles. The standard InChI is InChI=1S/C26H26N2O3/c29-26-23-13-4-5-14-24(23)27-25(28(26)17-19-8-2-1-3-9-19)20-10-6-11-21(16-20)31-18-22-12-7-15-30-22/h1-6,8-11,13-14,16,22,25,27H,7,12,15,17-18H2. The third kappa shape index (κ3) is 4.28. The molecule has 0 saturated carbocycles. The number of carbonyl (C=O) groups is 1. The number of hydrogen-bond acceptors (Lipinski definition) is 4. The minimum Gasteiger partial charge on any atom is -0.491 e. The second kappa shape index (κ2) is 8.82. The molecule has 1 fully saturated rings. The molecule has 3 aromatic rings. The lowest BCUT2D eigenvalue weighted by molar-refractivity contribution is 0.0660. The number of rotatable bonds is 6. The second-order valence-corrected chi connectivity index (χ2v) is 8.03. The Kier molecular flexibility index (Phi) is 5.59. The molecule has 2 unspecified atom stereocenters. The van der Waals surface area contributed by atoms with Gasteiger partial charge in [-0.05, 0) is 48.2 Å². The lowest BCUT2D eigenvalue weighted by atomic mass is 10.0. The van der Waals surface area contributed by atoms with Gasteiger partial charge in [-0.1, -0.05) is 54.6 Å². The largest absolute Gasteiger partial charge is 0.491 e. The van der Waals surface area contributed by atoms with Crippen LogP contribution < -0.4 is 10.1 Å². The zero-order valence-corrected chi connectivity index (χ0v) is 17.4. The molecular formula is C26H26N2O3. The van der Waals surface area contributed by atoms with E-state index in [9.17, 15) is 4.79 Å². The van der Waals surface area contributed by atoms with E-state index in [0.29, 0.717) is 18.7 Å². The first-order chi connectivity index (χ1) is 15.3. The molecule has 2 heterocycles. The highest BCUT2D eigenvalue weighted by atomic mass is 16.5. The Hall–Kier alpha value is -3.31. The number of hydrogen-bond donors (Lipinski definition) is 1. The van der Waals surface area contributed by atoms with Crippen LogP contribution in [0.5, 0.6) is 5.75 Å². The number of benzene rings is 3. The van der Waals surface area contributed by atoms with Crippen LogP contribution in [0.15, 0.2) is 78.9 Å². The number of para-hydroxylation sites is 1. The molecule has 1 amide bonds. The monoisotopic (exact) mass is 414 g/mol. The third-order valence-corrected chi connectivity index (χ3v) is 5.85. The molecule has 0 aliphatic carbocycles. The Balaban J connectivity index is 1.43. The highest BCUT2D eigenvalue weighted by molar-refractivity contribution is 6.01. The van der Waals surface area contributed by atoms with Crippen molar-refractivity contribution >= 4 is 11.6 Å². The number of ether oxygens (including phenoxy) is 2. The topological polar surface area (TPSA) is 50.8 Å². The van der Waals surface area contributed by atoms with E-state index in [1.807, 2.05) is 83.8 Å². The van der Waals surface area contributed by atoms with Gasteiger partial charge in [-0.3, -0.25) is 4.79 Å². The predicted octanol–water partition coefficient (Wildman–Crippen LogP) is 5.01. The van der Waals surface area contributed by atoms with Crippen LogP contribution in [0.3, 0.4) is 0 Å². The van der Waals surface area contributed by atoms with Crippen LogP contribution >= 0.6 is 0 Å². The van der Waals surface area contributed by atoms with Crippen molar-refractivity contribution in [3.63, 3.8) is 0 Å². The van der Waals surface area contributed by atoms with Crippen molar-refractivity contribution in [2.24, 2.45) is 0 Å². The van der Waals surface area contributed by atoms with E-state index in [2.05, 4.69) is 5.32 Å². The molecule has 1 saturated heterocycles. The summed E-state index contributed by atoms with van der Waals surface area (Å²) in [6.45, 7) is 1.89. The summed E-state index contributed by atoms with van der Waals surface area (Å²) in [7, 11) is 0. The fraction of sp³-hybridized carbons (Fsp3) is 0.269. The van der Waals surface area contributed by atoms with Crippen molar-refractivity contribution < 1.29 is 14.3 Å². The summed E-state index contributed by atoms with van der Waals surface area (Å²) in [6.07, 6.45) is 2.02. The first-order valence-electron chi connectivity index (χ1n) is 10.8. The molecule has 5 rings (SSSR count). The van der Waals surface area contributed by atoms with Gasteiger partial charge in [0.1, 0.15) is 18.5 Å². The number of fused-ring (bicyclic) bond motifs is 1. The van der Waals surface area contributed by atoms with Crippen LogP contribution in [0.4, 0.5) is 5.69 Å². The van der Waals surface area contributed by atoms with Crippen molar-refractivity contribution in [1.82, 2.24) is 4.90 Å². The summed E-state index contributed by atoms with van der Waals surface area (Å²) in [5, 5.41) is 3.56. The zero-order chi connectivity index (χ0) is 21.0. The zero-order valence-electron chi connectivity index (χ0n) is 17.4. The molecule has 0 aromatic heterocycles. The third-order valence-electron chi connectivity index (χ3n) is 5.85. The molecule has 158 valence electrons. The number of carbonyl (C=O) groups excluding carboxylic acids is 1. The van der Waals surface area contributed by atoms with Gasteiger partial charge in [0.05, 0.1) is 11.7 Å². The molecule has 2 atom stereocenters. The smallest absolute Gasteiger partial charge is 0.258 e. The number of nitrogens with zero attached hydrogens (tertiary/aromatic N) is 1. The number of anilines is 1. The quantitative estimate of drug-likeness (QED) is 0.616. The maximum Gasteiger partial charge on any atom is 0.258 e. The molecule has 1 N–H and O–H groups in total. The second-order valence-electron chi connectivity index (χ2n) is 8.03. The van der Waals surface area contributed by atoms with Crippen molar-refractivity contribution in [3.8, 4) is 5.75 Å². The van der Waals surface area contributed by atoms with Crippen LogP contribution in [-0.2, 0) is 11.3 Å². The van der Waals surface area contributed by atoms with Crippen LogP contribution in [0.25, 0.3) is 0 Å². The van der Waals surface area contributed by atoms with Gasteiger partial charge in [-0.15, -0.1) is 0 Å². The SMILES string of the molecule is O=C1c2ccccc2NC(c2cccc(OCC3CCCO3)c2)N1Cc1ccccc1. The first-order valence-corrected chi connectivity index (χ1v) is 10.8. The Labute approximate surface area is 182 Å². The van der Waals surface area contributed by atoms with Gasteiger partial charge in [-0.2, -0.15) is 0 Å². The molecule has 2 aliphatic rings. The minimum absolute atomic E-state index is 0.0221. The highest BCUT2D eigenvalue weighted by Gasteiger charge is 2.33. The van der Waals surface area contributed by atoms with Crippen LogP contribution in [0.2, 0.25) is 0 Å². The van der Waals surface area contributed by atoms with Crippen LogP contribution in [0, 0.1) is 0 Å². The Morgan fingerprint density at radius 3 is 2.68 bits per heavy atom. The van der Waals surface area contributed by atoms with Gasteiger partial charge in [0.15, 0.2) is 0 Å². The lowest BCUT2D eigenvalue weighted by Gasteiger charge is -2.38. The molecule has 5 heteroatoms. The molecule has 31 heavy (non-hydrogen) atoms. The van der Waals surface area contributed by atoms with Crippen molar-refractivity contribution in [1.29, 1.82) is 0 Å².